The van der Waals surface area contributed by atoms with Gasteiger partial charge in [0.2, 0.25) is 0 Å². The second-order valence-electron chi connectivity index (χ2n) is 4.42. The lowest BCUT2D eigenvalue weighted by Gasteiger charge is -2.29. The minimum Gasteiger partial charge on any atom is -0.378 e. The first-order chi connectivity index (χ1) is 9.49. The van der Waals surface area contributed by atoms with Crippen molar-refractivity contribution >= 4 is 23.6 Å². The molecule has 0 atom stereocenters. The van der Waals surface area contributed by atoms with E-state index in [4.69, 9.17) is 16.3 Å². The number of ether oxygens (including phenoxy) is 1. The summed E-state index contributed by atoms with van der Waals surface area (Å²) >= 11 is 5.77. The summed E-state index contributed by atoms with van der Waals surface area (Å²) in [7, 11) is 0. The average molecular weight is 302 g/mol. The minimum absolute atomic E-state index is 0.194. The Morgan fingerprint density at radius 3 is 2.70 bits per heavy atom. The van der Waals surface area contributed by atoms with E-state index < -0.39 is 11.8 Å². The standard InChI is InChI=1S/C14H14ClF2NO2/c15-12-3-1-2-11(10-12)4-5-14(16,17)13(19)18-6-8-20-9-7-18/h1-5,10H,6-9H2/b5-4+. The molecule has 1 aliphatic rings. The maximum absolute atomic E-state index is 13.8. The molecule has 1 aliphatic heterocycles. The third-order valence-electron chi connectivity index (χ3n) is 2.92. The highest BCUT2D eigenvalue weighted by Crippen LogP contribution is 2.22. The van der Waals surface area contributed by atoms with E-state index in [1.807, 2.05) is 0 Å². The molecule has 2 rings (SSSR count). The summed E-state index contributed by atoms with van der Waals surface area (Å²) in [4.78, 5) is 12.9. The molecule has 0 N–H and O–H groups in total. The van der Waals surface area contributed by atoms with Crippen LogP contribution >= 0.6 is 11.6 Å². The van der Waals surface area contributed by atoms with Gasteiger partial charge in [0.25, 0.3) is 5.91 Å². The van der Waals surface area contributed by atoms with Crippen molar-refractivity contribution in [3.05, 3.63) is 40.9 Å². The first-order valence-corrected chi connectivity index (χ1v) is 6.56. The Balaban J connectivity index is 2.07. The summed E-state index contributed by atoms with van der Waals surface area (Å²) < 4.78 is 32.7. The second-order valence-corrected chi connectivity index (χ2v) is 4.85. The van der Waals surface area contributed by atoms with Crippen LogP contribution in [0.3, 0.4) is 0 Å². The molecule has 1 amide bonds. The zero-order chi connectivity index (χ0) is 14.6. The van der Waals surface area contributed by atoms with Crippen molar-refractivity contribution < 1.29 is 18.3 Å². The molecule has 1 aromatic rings. The highest BCUT2D eigenvalue weighted by Gasteiger charge is 2.39. The van der Waals surface area contributed by atoms with Crippen molar-refractivity contribution in [3.63, 3.8) is 0 Å². The fourth-order valence-corrected chi connectivity index (χ4v) is 2.06. The molecule has 3 nitrogen and oxygen atoms in total. The van der Waals surface area contributed by atoms with Crippen molar-refractivity contribution in [1.82, 2.24) is 4.90 Å². The van der Waals surface area contributed by atoms with Gasteiger partial charge in [-0.15, -0.1) is 0 Å². The van der Waals surface area contributed by atoms with Gasteiger partial charge in [-0.25, -0.2) is 0 Å². The summed E-state index contributed by atoms with van der Waals surface area (Å²) in [6, 6.07) is 6.49. The number of hydrogen-bond donors (Lipinski definition) is 0. The van der Waals surface area contributed by atoms with Gasteiger partial charge in [0.05, 0.1) is 13.2 Å². The van der Waals surface area contributed by atoms with Crippen molar-refractivity contribution in [2.75, 3.05) is 26.3 Å². The molecular weight excluding hydrogens is 288 g/mol. The number of halogens is 3. The largest absolute Gasteiger partial charge is 0.378 e. The molecule has 20 heavy (non-hydrogen) atoms. The lowest BCUT2D eigenvalue weighted by Crippen LogP contribution is -2.47. The molecule has 1 fully saturated rings. The van der Waals surface area contributed by atoms with Crippen LogP contribution in [0.1, 0.15) is 5.56 Å². The SMILES string of the molecule is O=C(N1CCOCC1)C(F)(F)/C=C/c1cccc(Cl)c1. The van der Waals surface area contributed by atoms with Gasteiger partial charge < -0.3 is 9.64 Å². The molecule has 1 saturated heterocycles. The number of alkyl halides is 2. The Hall–Kier alpha value is -1.46. The van der Waals surface area contributed by atoms with Crippen molar-refractivity contribution in [2.45, 2.75) is 5.92 Å². The zero-order valence-corrected chi connectivity index (χ0v) is 11.4. The molecule has 0 saturated carbocycles. The number of benzene rings is 1. The van der Waals surface area contributed by atoms with E-state index in [9.17, 15) is 13.6 Å². The minimum atomic E-state index is -3.53. The van der Waals surface area contributed by atoms with Crippen molar-refractivity contribution in [2.24, 2.45) is 0 Å². The quantitative estimate of drug-likeness (QED) is 0.859. The lowest BCUT2D eigenvalue weighted by molar-refractivity contribution is -0.154. The fourth-order valence-electron chi connectivity index (χ4n) is 1.86. The van der Waals surface area contributed by atoms with E-state index in [0.717, 1.165) is 4.90 Å². The third-order valence-corrected chi connectivity index (χ3v) is 3.15. The first kappa shape index (κ1) is 14.9. The smallest absolute Gasteiger partial charge is 0.343 e. The van der Waals surface area contributed by atoms with Crippen LogP contribution in [0.2, 0.25) is 5.02 Å². The van der Waals surface area contributed by atoms with E-state index in [1.54, 1.807) is 24.3 Å². The second kappa shape index (κ2) is 6.33. The van der Waals surface area contributed by atoms with Crippen LogP contribution in [0.5, 0.6) is 0 Å². The number of rotatable bonds is 3. The van der Waals surface area contributed by atoms with Gasteiger partial charge in [-0.1, -0.05) is 29.8 Å². The van der Waals surface area contributed by atoms with Crippen LogP contribution in [-0.4, -0.2) is 43.0 Å². The molecule has 0 spiro atoms. The molecule has 1 heterocycles. The molecule has 0 aromatic heterocycles. The van der Waals surface area contributed by atoms with Gasteiger partial charge in [-0.3, -0.25) is 4.79 Å². The average Bonchev–Trinajstić information content (AvgIpc) is 2.45. The maximum atomic E-state index is 13.8. The Morgan fingerprint density at radius 2 is 2.05 bits per heavy atom. The lowest BCUT2D eigenvalue weighted by atomic mass is 10.1. The number of carbonyl (C=O) groups is 1. The van der Waals surface area contributed by atoms with Crippen LogP contribution in [0.15, 0.2) is 30.3 Å². The molecule has 1 aromatic carbocycles. The maximum Gasteiger partial charge on any atom is 0.343 e. The summed E-state index contributed by atoms with van der Waals surface area (Å²) in [5, 5.41) is 0.454. The van der Waals surface area contributed by atoms with E-state index in [2.05, 4.69) is 0 Å². The molecule has 0 bridgehead atoms. The molecule has 0 aliphatic carbocycles. The summed E-state index contributed by atoms with van der Waals surface area (Å²) in [6.07, 6.45) is 1.81. The molecule has 0 radical (unpaired) electrons. The van der Waals surface area contributed by atoms with Crippen LogP contribution in [-0.2, 0) is 9.53 Å². The topological polar surface area (TPSA) is 29.5 Å². The highest BCUT2D eigenvalue weighted by atomic mass is 35.5. The number of hydrogen-bond acceptors (Lipinski definition) is 2. The van der Waals surface area contributed by atoms with E-state index in [1.165, 1.54) is 6.08 Å². The Kier molecular flexibility index (Phi) is 4.73. The summed E-state index contributed by atoms with van der Waals surface area (Å²) in [5.74, 6) is -4.72. The van der Waals surface area contributed by atoms with Gasteiger partial charge in [0.1, 0.15) is 0 Å². The normalized spacial score (nSPS) is 16.6. The van der Waals surface area contributed by atoms with Crippen LogP contribution in [0, 0.1) is 0 Å². The van der Waals surface area contributed by atoms with Crippen molar-refractivity contribution in [1.29, 1.82) is 0 Å². The van der Waals surface area contributed by atoms with Gasteiger partial charge >= 0.3 is 5.92 Å². The number of morpholine rings is 1. The monoisotopic (exact) mass is 301 g/mol. The number of amides is 1. The molecule has 0 unspecified atom stereocenters. The van der Waals surface area contributed by atoms with E-state index >= 15 is 0 Å². The van der Waals surface area contributed by atoms with Crippen LogP contribution in [0.25, 0.3) is 6.08 Å². The van der Waals surface area contributed by atoms with E-state index in [0.29, 0.717) is 29.9 Å². The zero-order valence-electron chi connectivity index (χ0n) is 10.7. The molecule has 108 valence electrons. The predicted octanol–water partition coefficient (Wildman–Crippen LogP) is 2.85. The van der Waals surface area contributed by atoms with Crippen molar-refractivity contribution in [3.8, 4) is 0 Å². The Labute approximate surface area is 120 Å². The van der Waals surface area contributed by atoms with Crippen LogP contribution < -0.4 is 0 Å². The summed E-state index contributed by atoms with van der Waals surface area (Å²) in [6.45, 7) is 0.971. The Bertz CT molecular complexity index is 514. The van der Waals surface area contributed by atoms with Gasteiger partial charge in [-0.2, -0.15) is 8.78 Å². The predicted molar refractivity (Wildman–Crippen MR) is 72.8 cm³/mol. The van der Waals surface area contributed by atoms with Gasteiger partial charge in [-0.05, 0) is 23.8 Å². The third kappa shape index (κ3) is 3.77. The number of carbonyl (C=O) groups excluding carboxylic acids is 1. The van der Waals surface area contributed by atoms with E-state index in [-0.39, 0.29) is 13.1 Å². The number of nitrogens with zero attached hydrogens (tertiary/aromatic N) is 1. The van der Waals surface area contributed by atoms with Crippen LogP contribution in [0.4, 0.5) is 8.78 Å². The van der Waals surface area contributed by atoms with Gasteiger partial charge in [0, 0.05) is 18.1 Å². The highest BCUT2D eigenvalue weighted by molar-refractivity contribution is 6.30. The molecular formula is C14H14ClF2NO2. The first-order valence-electron chi connectivity index (χ1n) is 6.19. The molecule has 6 heteroatoms. The Morgan fingerprint density at radius 1 is 1.35 bits per heavy atom. The summed E-state index contributed by atoms with van der Waals surface area (Å²) in [5.41, 5.74) is 0.520. The fraction of sp³-hybridized carbons (Fsp3) is 0.357. The van der Waals surface area contributed by atoms with Gasteiger partial charge in [0.15, 0.2) is 0 Å².